The van der Waals surface area contributed by atoms with Crippen LogP contribution in [-0.2, 0) is 9.59 Å². The molecule has 0 aromatic heterocycles. The number of Topliss-reactive ketones (excluding diaryl/α,β-unsaturated/α-hetero) is 1. The fourth-order valence-electron chi connectivity index (χ4n) is 4.06. The molecule has 0 radical (unpaired) electrons. The minimum absolute atomic E-state index is 0.0253. The van der Waals surface area contributed by atoms with Crippen molar-refractivity contribution in [2.24, 2.45) is 17.3 Å². The van der Waals surface area contributed by atoms with Crippen LogP contribution in [0.5, 0.6) is 0 Å². The molecule has 2 heterocycles. The zero-order valence-electron chi connectivity index (χ0n) is 16.5. The molecule has 0 saturated carbocycles. The Morgan fingerprint density at radius 2 is 1.42 bits per heavy atom. The van der Waals surface area contributed by atoms with Crippen LogP contribution in [0.1, 0.15) is 67.2 Å². The van der Waals surface area contributed by atoms with E-state index in [1.54, 1.807) is 0 Å². The van der Waals surface area contributed by atoms with Crippen molar-refractivity contribution in [1.82, 2.24) is 9.80 Å². The molecule has 2 rings (SSSR count). The zero-order chi connectivity index (χ0) is 18.1. The number of likely N-dealkylation sites (tertiary alicyclic amines) is 2. The topological polar surface area (TPSA) is 40.6 Å². The normalized spacial score (nSPS) is 24.9. The molecule has 0 aromatic carbocycles. The largest absolute Gasteiger partial charge is 0.342 e. The molecule has 4 nitrogen and oxygen atoms in total. The van der Waals surface area contributed by atoms with Crippen LogP contribution >= 0.6 is 0 Å². The van der Waals surface area contributed by atoms with Gasteiger partial charge in [0.1, 0.15) is 5.78 Å². The molecule has 24 heavy (non-hydrogen) atoms. The first-order valence-corrected chi connectivity index (χ1v) is 9.58. The first kappa shape index (κ1) is 19.4. The highest BCUT2D eigenvalue weighted by atomic mass is 16.2. The van der Waals surface area contributed by atoms with E-state index in [1.165, 1.54) is 0 Å². The van der Waals surface area contributed by atoms with E-state index < -0.39 is 0 Å². The smallest absolute Gasteiger partial charge is 0.225 e. The lowest BCUT2D eigenvalue weighted by molar-refractivity contribution is -0.142. The highest BCUT2D eigenvalue weighted by Gasteiger charge is 2.37. The molecular weight excluding hydrogens is 300 g/mol. The third-order valence-corrected chi connectivity index (χ3v) is 5.64. The van der Waals surface area contributed by atoms with Gasteiger partial charge in [0.05, 0.1) is 0 Å². The van der Waals surface area contributed by atoms with Crippen LogP contribution in [0.15, 0.2) is 0 Å². The van der Waals surface area contributed by atoms with E-state index in [2.05, 4.69) is 25.7 Å². The lowest BCUT2D eigenvalue weighted by Crippen LogP contribution is -2.51. The van der Waals surface area contributed by atoms with Crippen LogP contribution in [0, 0.1) is 17.3 Å². The predicted molar refractivity (Wildman–Crippen MR) is 97.8 cm³/mol. The number of nitrogens with zero attached hydrogens (tertiary/aromatic N) is 2. The second-order valence-electron chi connectivity index (χ2n) is 9.67. The Morgan fingerprint density at radius 1 is 0.833 bits per heavy atom. The van der Waals surface area contributed by atoms with Crippen LogP contribution < -0.4 is 0 Å². The van der Waals surface area contributed by atoms with E-state index in [0.717, 1.165) is 45.3 Å². The summed E-state index contributed by atoms with van der Waals surface area (Å²) in [4.78, 5) is 29.9. The Labute approximate surface area is 148 Å². The van der Waals surface area contributed by atoms with Gasteiger partial charge in [0.2, 0.25) is 5.91 Å². The van der Waals surface area contributed by atoms with Crippen molar-refractivity contribution >= 4 is 11.7 Å². The summed E-state index contributed by atoms with van der Waals surface area (Å²) in [5, 5.41) is 0. The lowest BCUT2D eigenvalue weighted by atomic mass is 9.79. The molecule has 1 amide bonds. The minimum atomic E-state index is -0.311. The molecule has 2 aliphatic heterocycles. The Bertz CT molecular complexity index is 465. The van der Waals surface area contributed by atoms with Gasteiger partial charge in [0.15, 0.2) is 0 Å². The number of ketones is 1. The summed E-state index contributed by atoms with van der Waals surface area (Å²) in [7, 11) is 0. The SMILES string of the molecule is CC(C)(C)C(=O)C1CCCN(C(=O)C2CCN(C(C)(C)C)CC2)C1. The highest BCUT2D eigenvalue weighted by Crippen LogP contribution is 2.30. The van der Waals surface area contributed by atoms with E-state index in [-0.39, 0.29) is 28.7 Å². The quantitative estimate of drug-likeness (QED) is 0.776. The monoisotopic (exact) mass is 336 g/mol. The second-order valence-corrected chi connectivity index (χ2v) is 9.67. The highest BCUT2D eigenvalue weighted by molar-refractivity contribution is 5.87. The van der Waals surface area contributed by atoms with Crippen molar-refractivity contribution in [2.45, 2.75) is 72.8 Å². The maximum Gasteiger partial charge on any atom is 0.225 e. The first-order chi connectivity index (χ1) is 11.0. The summed E-state index contributed by atoms with van der Waals surface area (Å²) in [6, 6.07) is 0. The second kappa shape index (κ2) is 7.15. The zero-order valence-corrected chi connectivity index (χ0v) is 16.5. The molecular formula is C20H36N2O2. The molecule has 2 fully saturated rings. The van der Waals surface area contributed by atoms with Crippen LogP contribution in [0.2, 0.25) is 0 Å². The summed E-state index contributed by atoms with van der Waals surface area (Å²) in [6.45, 7) is 16.1. The van der Waals surface area contributed by atoms with Crippen molar-refractivity contribution in [2.75, 3.05) is 26.2 Å². The van der Waals surface area contributed by atoms with Gasteiger partial charge in [0.25, 0.3) is 0 Å². The summed E-state index contributed by atoms with van der Waals surface area (Å²) < 4.78 is 0. The van der Waals surface area contributed by atoms with Gasteiger partial charge >= 0.3 is 0 Å². The molecule has 0 bridgehead atoms. The van der Waals surface area contributed by atoms with Gasteiger partial charge in [0, 0.05) is 35.9 Å². The van der Waals surface area contributed by atoms with Gasteiger partial charge in [-0.25, -0.2) is 0 Å². The van der Waals surface area contributed by atoms with Gasteiger partial charge < -0.3 is 4.90 Å². The Morgan fingerprint density at radius 3 is 1.92 bits per heavy atom. The van der Waals surface area contributed by atoms with E-state index in [9.17, 15) is 9.59 Å². The molecule has 0 aliphatic carbocycles. The lowest BCUT2D eigenvalue weighted by Gasteiger charge is -2.42. The Balaban J connectivity index is 1.92. The maximum atomic E-state index is 12.9. The molecule has 2 aliphatic rings. The van der Waals surface area contributed by atoms with Crippen molar-refractivity contribution in [3.8, 4) is 0 Å². The third-order valence-electron chi connectivity index (χ3n) is 5.64. The molecule has 2 saturated heterocycles. The standard InChI is InChI=1S/C20H36N2O2/c1-19(2,3)17(23)16-8-7-11-21(14-16)18(24)15-9-12-22(13-10-15)20(4,5)6/h15-16H,7-14H2,1-6H3. The van der Waals surface area contributed by atoms with E-state index in [4.69, 9.17) is 0 Å². The van der Waals surface area contributed by atoms with E-state index in [1.807, 2.05) is 25.7 Å². The van der Waals surface area contributed by atoms with Gasteiger partial charge in [-0.05, 0) is 59.5 Å². The molecule has 0 N–H and O–H groups in total. The van der Waals surface area contributed by atoms with Gasteiger partial charge in [-0.3, -0.25) is 14.5 Å². The van der Waals surface area contributed by atoms with Crippen molar-refractivity contribution in [1.29, 1.82) is 0 Å². The van der Waals surface area contributed by atoms with E-state index >= 15 is 0 Å². The number of carbonyl (C=O) groups excluding carboxylic acids is 2. The Kier molecular flexibility index (Phi) is 5.79. The van der Waals surface area contributed by atoms with E-state index in [0.29, 0.717) is 12.3 Å². The van der Waals surface area contributed by atoms with Crippen molar-refractivity contribution in [3.63, 3.8) is 0 Å². The fourth-order valence-corrected chi connectivity index (χ4v) is 4.06. The summed E-state index contributed by atoms with van der Waals surface area (Å²) in [5.74, 6) is 0.766. The number of rotatable bonds is 2. The predicted octanol–water partition coefficient (Wildman–Crippen LogP) is 3.35. The van der Waals surface area contributed by atoms with Crippen LogP contribution in [0.25, 0.3) is 0 Å². The number of piperidine rings is 2. The van der Waals surface area contributed by atoms with Gasteiger partial charge in [-0.15, -0.1) is 0 Å². The number of carbonyl (C=O) groups is 2. The van der Waals surface area contributed by atoms with Crippen LogP contribution in [0.4, 0.5) is 0 Å². The number of amides is 1. The summed E-state index contributed by atoms with van der Waals surface area (Å²) in [5.41, 5.74) is -0.127. The molecule has 0 aromatic rings. The Hall–Kier alpha value is -0.900. The fraction of sp³-hybridized carbons (Fsp3) is 0.900. The average molecular weight is 337 g/mol. The minimum Gasteiger partial charge on any atom is -0.342 e. The van der Waals surface area contributed by atoms with Crippen molar-refractivity contribution in [3.05, 3.63) is 0 Å². The first-order valence-electron chi connectivity index (χ1n) is 9.58. The summed E-state index contributed by atoms with van der Waals surface area (Å²) in [6.07, 6.45) is 3.79. The van der Waals surface area contributed by atoms with Crippen LogP contribution in [-0.4, -0.2) is 53.2 Å². The number of hydrogen-bond donors (Lipinski definition) is 0. The third kappa shape index (κ3) is 4.59. The van der Waals surface area contributed by atoms with Crippen molar-refractivity contribution < 1.29 is 9.59 Å². The molecule has 138 valence electrons. The molecule has 4 heteroatoms. The molecule has 1 atom stereocenters. The maximum absolute atomic E-state index is 12.9. The average Bonchev–Trinajstić information content (AvgIpc) is 2.52. The molecule has 1 unspecified atom stereocenters. The summed E-state index contributed by atoms with van der Waals surface area (Å²) >= 11 is 0. The van der Waals surface area contributed by atoms with Gasteiger partial charge in [-0.1, -0.05) is 20.8 Å². The van der Waals surface area contributed by atoms with Gasteiger partial charge in [-0.2, -0.15) is 0 Å². The molecule has 0 spiro atoms. The number of hydrogen-bond acceptors (Lipinski definition) is 3. The van der Waals surface area contributed by atoms with Crippen LogP contribution in [0.3, 0.4) is 0 Å².